The van der Waals surface area contributed by atoms with Gasteiger partial charge in [0.25, 0.3) is 11.1 Å². The molecular formula is C20H13BrINO3S. The summed E-state index contributed by atoms with van der Waals surface area (Å²) in [7, 11) is 0. The number of hydrogen-bond donors (Lipinski definition) is 0. The summed E-state index contributed by atoms with van der Waals surface area (Å²) in [6.45, 7) is 0.454. The quantitative estimate of drug-likeness (QED) is 0.286. The Labute approximate surface area is 183 Å². The topological polar surface area (TPSA) is 46.6 Å². The lowest BCUT2D eigenvalue weighted by molar-refractivity contribution is -0.122. The third-order valence-corrected chi connectivity index (χ3v) is 5.96. The van der Waals surface area contributed by atoms with Gasteiger partial charge in [-0.1, -0.05) is 40.0 Å². The molecule has 0 aliphatic carbocycles. The second-order valence-electron chi connectivity index (χ2n) is 5.58. The van der Waals surface area contributed by atoms with Gasteiger partial charge in [0, 0.05) is 4.47 Å². The highest BCUT2D eigenvalue weighted by Gasteiger charge is 2.34. The summed E-state index contributed by atoms with van der Waals surface area (Å²) in [4.78, 5) is 25.5. The number of carbonyl (C=O) groups excluding carboxylic acids is 2. The van der Waals surface area contributed by atoms with E-state index in [9.17, 15) is 9.59 Å². The maximum atomic E-state index is 12.2. The molecule has 1 fully saturated rings. The van der Waals surface area contributed by atoms with Crippen LogP contribution in [-0.2, 0) is 11.4 Å². The zero-order valence-electron chi connectivity index (χ0n) is 13.9. The zero-order valence-corrected chi connectivity index (χ0v) is 18.5. The Morgan fingerprint density at radius 2 is 1.96 bits per heavy atom. The number of thioether (sulfide) groups is 1. The Balaban J connectivity index is 1.71. The molecule has 1 heterocycles. The van der Waals surface area contributed by atoms with Crippen LogP contribution in [0.4, 0.5) is 4.79 Å². The molecule has 0 atom stereocenters. The Hall–Kier alpha value is -1.76. The average molecular weight is 554 g/mol. The van der Waals surface area contributed by atoms with Crippen LogP contribution in [0.15, 0.2) is 51.8 Å². The molecule has 0 saturated carbocycles. The summed E-state index contributed by atoms with van der Waals surface area (Å²) in [5.74, 6) is 2.73. The van der Waals surface area contributed by atoms with Gasteiger partial charge in [-0.3, -0.25) is 14.5 Å². The second-order valence-corrected chi connectivity index (χ2v) is 8.65. The number of ether oxygens (including phenoxy) is 1. The molecular weight excluding hydrogens is 541 g/mol. The van der Waals surface area contributed by atoms with Gasteiger partial charge in [0.15, 0.2) is 0 Å². The lowest BCUT2D eigenvalue weighted by atomic mass is 10.2. The van der Waals surface area contributed by atoms with Crippen molar-refractivity contribution in [1.82, 2.24) is 4.90 Å². The van der Waals surface area contributed by atoms with E-state index in [4.69, 9.17) is 11.2 Å². The van der Waals surface area contributed by atoms with Crippen molar-refractivity contribution in [2.75, 3.05) is 6.54 Å². The third-order valence-electron chi connectivity index (χ3n) is 3.68. The number of imide groups is 1. The minimum atomic E-state index is -0.353. The molecule has 2 aromatic carbocycles. The number of carbonyl (C=O) groups is 2. The Kier molecular flexibility index (Phi) is 6.63. The van der Waals surface area contributed by atoms with Crippen LogP contribution in [0.2, 0.25) is 0 Å². The van der Waals surface area contributed by atoms with Gasteiger partial charge in [0.1, 0.15) is 12.4 Å². The first-order chi connectivity index (χ1) is 13.0. The maximum absolute atomic E-state index is 12.2. The normalized spacial score (nSPS) is 15.3. The monoisotopic (exact) mass is 553 g/mol. The predicted octanol–water partition coefficient (Wildman–Crippen LogP) is 5.30. The highest BCUT2D eigenvalue weighted by atomic mass is 127. The minimum Gasteiger partial charge on any atom is -0.488 e. The fraction of sp³-hybridized carbons (Fsp3) is 0.100. The molecule has 0 spiro atoms. The van der Waals surface area contributed by atoms with Gasteiger partial charge in [0.05, 0.1) is 15.0 Å². The fourth-order valence-corrected chi connectivity index (χ4v) is 4.14. The van der Waals surface area contributed by atoms with Gasteiger partial charge in [-0.2, -0.15) is 0 Å². The molecule has 2 amide bonds. The van der Waals surface area contributed by atoms with Crippen LogP contribution in [0.5, 0.6) is 5.75 Å². The first-order valence-electron chi connectivity index (χ1n) is 7.83. The standard InChI is InChI=1S/C20H13BrINO3S/c1-2-9-23-19(24)18(27-20(23)25)11-14-5-8-17(16(22)10-14)26-12-13-3-6-15(21)7-4-13/h1,3-8,10-11H,9,12H2/b18-11+. The maximum Gasteiger partial charge on any atom is 0.294 e. The van der Waals surface area contributed by atoms with Crippen LogP contribution in [-0.4, -0.2) is 22.6 Å². The van der Waals surface area contributed by atoms with Crippen molar-refractivity contribution in [3.8, 4) is 18.1 Å². The third kappa shape index (κ3) is 4.94. The largest absolute Gasteiger partial charge is 0.488 e. The molecule has 27 heavy (non-hydrogen) atoms. The molecule has 2 aromatic rings. The van der Waals surface area contributed by atoms with E-state index in [0.717, 1.165) is 41.6 Å². The Morgan fingerprint density at radius 3 is 2.63 bits per heavy atom. The number of benzene rings is 2. The molecule has 1 saturated heterocycles. The molecule has 4 nitrogen and oxygen atoms in total. The van der Waals surface area contributed by atoms with Crippen molar-refractivity contribution in [3.63, 3.8) is 0 Å². The molecule has 0 unspecified atom stereocenters. The summed E-state index contributed by atoms with van der Waals surface area (Å²) in [5, 5.41) is -0.339. The number of terminal acetylenes is 1. The van der Waals surface area contributed by atoms with Crippen molar-refractivity contribution in [2.45, 2.75) is 6.61 Å². The molecule has 0 bridgehead atoms. The summed E-state index contributed by atoms with van der Waals surface area (Å²) < 4.78 is 7.82. The lowest BCUT2D eigenvalue weighted by Gasteiger charge is -2.09. The van der Waals surface area contributed by atoms with Gasteiger partial charge in [-0.25, -0.2) is 0 Å². The molecule has 0 aromatic heterocycles. The molecule has 1 aliphatic rings. The number of nitrogens with zero attached hydrogens (tertiary/aromatic N) is 1. The average Bonchev–Trinajstić information content (AvgIpc) is 2.90. The molecule has 1 aliphatic heterocycles. The molecule has 136 valence electrons. The van der Waals surface area contributed by atoms with E-state index in [1.54, 1.807) is 6.08 Å². The van der Waals surface area contributed by atoms with Gasteiger partial charge in [-0.05, 0) is 75.8 Å². The van der Waals surface area contributed by atoms with E-state index in [2.05, 4.69) is 44.4 Å². The molecule has 0 radical (unpaired) electrons. The smallest absolute Gasteiger partial charge is 0.294 e. The highest BCUT2D eigenvalue weighted by Crippen LogP contribution is 2.33. The zero-order chi connectivity index (χ0) is 19.4. The van der Waals surface area contributed by atoms with Crippen LogP contribution in [0, 0.1) is 15.9 Å². The fourth-order valence-electron chi connectivity index (χ4n) is 2.34. The van der Waals surface area contributed by atoms with E-state index in [-0.39, 0.29) is 17.7 Å². The van der Waals surface area contributed by atoms with Crippen molar-refractivity contribution in [3.05, 3.63) is 66.5 Å². The van der Waals surface area contributed by atoms with Gasteiger partial charge >= 0.3 is 0 Å². The van der Waals surface area contributed by atoms with Crippen LogP contribution in [0.1, 0.15) is 11.1 Å². The summed E-state index contributed by atoms with van der Waals surface area (Å²) in [6, 6.07) is 13.6. The molecule has 7 heteroatoms. The number of rotatable bonds is 5. The van der Waals surface area contributed by atoms with E-state index in [0.29, 0.717) is 11.5 Å². The second kappa shape index (κ2) is 8.95. The minimum absolute atomic E-state index is 0.0115. The number of hydrogen-bond acceptors (Lipinski definition) is 4. The van der Waals surface area contributed by atoms with E-state index < -0.39 is 0 Å². The first-order valence-corrected chi connectivity index (χ1v) is 10.5. The van der Waals surface area contributed by atoms with Crippen molar-refractivity contribution in [1.29, 1.82) is 0 Å². The Morgan fingerprint density at radius 1 is 1.22 bits per heavy atom. The number of amides is 2. The van der Waals surface area contributed by atoms with E-state index in [1.165, 1.54) is 0 Å². The van der Waals surface area contributed by atoms with Crippen molar-refractivity contribution < 1.29 is 14.3 Å². The van der Waals surface area contributed by atoms with Crippen molar-refractivity contribution in [2.24, 2.45) is 0 Å². The predicted molar refractivity (Wildman–Crippen MR) is 119 cm³/mol. The van der Waals surface area contributed by atoms with Gasteiger partial charge in [-0.15, -0.1) is 6.42 Å². The Bertz CT molecular complexity index is 966. The van der Waals surface area contributed by atoms with Crippen LogP contribution >= 0.6 is 50.3 Å². The molecule has 3 rings (SSSR count). The first kappa shape index (κ1) is 20.0. The van der Waals surface area contributed by atoms with Gasteiger partial charge < -0.3 is 4.74 Å². The summed E-state index contributed by atoms with van der Waals surface area (Å²) >= 11 is 6.50. The summed E-state index contributed by atoms with van der Waals surface area (Å²) in [6.07, 6.45) is 6.90. The number of halogens is 2. The summed E-state index contributed by atoms with van der Waals surface area (Å²) in [5.41, 5.74) is 1.89. The van der Waals surface area contributed by atoms with E-state index in [1.807, 2.05) is 42.5 Å². The van der Waals surface area contributed by atoms with Crippen LogP contribution in [0.25, 0.3) is 6.08 Å². The van der Waals surface area contributed by atoms with Gasteiger partial charge in [0.2, 0.25) is 0 Å². The van der Waals surface area contributed by atoms with E-state index >= 15 is 0 Å². The SMILES string of the molecule is C#CCN1C(=O)S/C(=C/c2ccc(OCc3ccc(Br)cc3)c(I)c2)C1=O. The van der Waals surface area contributed by atoms with Crippen molar-refractivity contribution >= 4 is 67.5 Å². The van der Waals surface area contributed by atoms with Crippen LogP contribution < -0.4 is 4.74 Å². The highest BCUT2D eigenvalue weighted by molar-refractivity contribution is 14.1. The lowest BCUT2D eigenvalue weighted by Crippen LogP contribution is -2.28. The molecule has 0 N–H and O–H groups in total. The van der Waals surface area contributed by atoms with Crippen LogP contribution in [0.3, 0.4) is 0 Å².